The first kappa shape index (κ1) is 15.4. The van der Waals surface area contributed by atoms with Gasteiger partial charge in [0.15, 0.2) is 5.78 Å². The summed E-state index contributed by atoms with van der Waals surface area (Å²) in [7, 11) is 0. The second-order valence-electron chi connectivity index (χ2n) is 5.40. The van der Waals surface area contributed by atoms with E-state index in [-0.39, 0.29) is 19.0 Å². The number of hydrogen-bond donors (Lipinski definition) is 1. The highest BCUT2D eigenvalue weighted by Gasteiger charge is 2.13. The van der Waals surface area contributed by atoms with Crippen molar-refractivity contribution in [2.45, 2.75) is 40.5 Å². The molecule has 0 aliphatic rings. The maximum absolute atomic E-state index is 12.0. The molecule has 1 aromatic rings. The number of amides is 1. The average molecular weight is 263 g/mol. The molecule has 3 nitrogen and oxygen atoms in total. The Hall–Kier alpha value is -1.64. The molecule has 0 fully saturated rings. The summed E-state index contributed by atoms with van der Waals surface area (Å²) >= 11 is 0. The molecule has 1 amide bonds. The summed E-state index contributed by atoms with van der Waals surface area (Å²) in [6.07, 6.45) is 1.35. The van der Waals surface area contributed by atoms with Crippen LogP contribution in [0.4, 0.5) is 5.69 Å². The van der Waals surface area contributed by atoms with E-state index in [0.29, 0.717) is 17.9 Å². The van der Waals surface area contributed by atoms with Crippen LogP contribution < -0.4 is 5.32 Å². The zero-order valence-corrected chi connectivity index (χ0v) is 12.2. The number of anilines is 1. The lowest BCUT2D eigenvalue weighted by molar-refractivity contribution is -0.116. The third kappa shape index (κ3) is 4.86. The quantitative estimate of drug-likeness (QED) is 0.784. The molecule has 0 saturated heterocycles. The van der Waals surface area contributed by atoms with Crippen molar-refractivity contribution in [2.75, 3.05) is 5.32 Å². The van der Waals surface area contributed by atoms with Gasteiger partial charge in [-0.05, 0) is 36.6 Å². The van der Waals surface area contributed by atoms with Gasteiger partial charge in [0, 0.05) is 25.0 Å². The van der Waals surface area contributed by atoms with E-state index in [1.165, 1.54) is 0 Å². The van der Waals surface area contributed by atoms with Gasteiger partial charge in [-0.3, -0.25) is 9.59 Å². The molecule has 0 heterocycles. The molecule has 1 N–H and O–H groups in total. The first-order chi connectivity index (χ1) is 8.93. The minimum absolute atomic E-state index is 0. The van der Waals surface area contributed by atoms with Gasteiger partial charge in [-0.2, -0.15) is 0 Å². The average Bonchev–Trinajstić information content (AvgIpc) is 2.36. The predicted molar refractivity (Wildman–Crippen MR) is 80.4 cm³/mol. The normalized spacial score (nSPS) is 12.3. The molecule has 1 unspecified atom stereocenters. The zero-order valence-electron chi connectivity index (χ0n) is 12.2. The summed E-state index contributed by atoms with van der Waals surface area (Å²) < 4.78 is 0. The lowest BCUT2D eigenvalue weighted by Gasteiger charge is -2.09. The highest BCUT2D eigenvalue weighted by molar-refractivity contribution is 5.98. The molecule has 1 aromatic carbocycles. The van der Waals surface area contributed by atoms with Crippen LogP contribution in [0.25, 0.3) is 0 Å². The van der Waals surface area contributed by atoms with Crippen LogP contribution in [-0.2, 0) is 4.79 Å². The number of ketones is 1. The molecule has 0 radical (unpaired) electrons. The number of nitrogens with one attached hydrogen (secondary N) is 1. The third-order valence-electron chi connectivity index (χ3n) is 3.11. The Labute approximate surface area is 116 Å². The van der Waals surface area contributed by atoms with Crippen LogP contribution in [0, 0.1) is 11.8 Å². The van der Waals surface area contributed by atoms with Crippen molar-refractivity contribution in [3.05, 3.63) is 29.8 Å². The molecule has 0 aromatic heterocycles. The SMILES string of the molecule is CCC(C)C(=O)c1ccc(NC(=O)CC(C)C)cc1.[HH]. The van der Waals surface area contributed by atoms with E-state index in [4.69, 9.17) is 0 Å². The highest BCUT2D eigenvalue weighted by atomic mass is 16.1. The van der Waals surface area contributed by atoms with Crippen LogP contribution in [0.2, 0.25) is 0 Å². The molecular weight excluding hydrogens is 238 g/mol. The molecule has 0 spiro atoms. The molecule has 0 aliphatic carbocycles. The van der Waals surface area contributed by atoms with Crippen LogP contribution in [-0.4, -0.2) is 11.7 Å². The van der Waals surface area contributed by atoms with E-state index < -0.39 is 0 Å². The molecule has 0 bridgehead atoms. The topological polar surface area (TPSA) is 46.2 Å². The Morgan fingerprint density at radius 2 is 1.74 bits per heavy atom. The monoisotopic (exact) mass is 263 g/mol. The predicted octanol–water partition coefficient (Wildman–Crippen LogP) is 4.15. The van der Waals surface area contributed by atoms with Crippen molar-refractivity contribution in [1.29, 1.82) is 0 Å². The Balaban J connectivity index is 0.00000361. The van der Waals surface area contributed by atoms with Crippen molar-refractivity contribution >= 4 is 17.4 Å². The van der Waals surface area contributed by atoms with Crippen molar-refractivity contribution in [3.63, 3.8) is 0 Å². The first-order valence-electron chi connectivity index (χ1n) is 6.88. The van der Waals surface area contributed by atoms with Crippen LogP contribution in [0.15, 0.2) is 24.3 Å². The van der Waals surface area contributed by atoms with Crippen molar-refractivity contribution in [3.8, 4) is 0 Å². The molecule has 106 valence electrons. The van der Waals surface area contributed by atoms with Crippen molar-refractivity contribution in [1.82, 2.24) is 0 Å². The van der Waals surface area contributed by atoms with Gasteiger partial charge in [-0.15, -0.1) is 0 Å². The first-order valence-corrected chi connectivity index (χ1v) is 6.88. The van der Waals surface area contributed by atoms with E-state index >= 15 is 0 Å². The Morgan fingerprint density at radius 1 is 1.16 bits per heavy atom. The lowest BCUT2D eigenvalue weighted by Crippen LogP contribution is -2.14. The lowest BCUT2D eigenvalue weighted by atomic mass is 9.97. The summed E-state index contributed by atoms with van der Waals surface area (Å²) in [6.45, 7) is 7.95. The Morgan fingerprint density at radius 3 is 2.21 bits per heavy atom. The summed E-state index contributed by atoms with van der Waals surface area (Å²) in [6, 6.07) is 7.13. The third-order valence-corrected chi connectivity index (χ3v) is 3.11. The van der Waals surface area contributed by atoms with Gasteiger partial charge in [-0.1, -0.05) is 27.7 Å². The molecule has 0 saturated carbocycles. The van der Waals surface area contributed by atoms with Crippen LogP contribution in [0.1, 0.15) is 52.3 Å². The fourth-order valence-corrected chi connectivity index (χ4v) is 1.77. The van der Waals surface area contributed by atoms with E-state index in [9.17, 15) is 9.59 Å². The van der Waals surface area contributed by atoms with E-state index in [0.717, 1.165) is 12.1 Å². The molecule has 19 heavy (non-hydrogen) atoms. The minimum Gasteiger partial charge on any atom is -0.326 e. The van der Waals surface area contributed by atoms with Gasteiger partial charge in [0.2, 0.25) is 5.91 Å². The van der Waals surface area contributed by atoms with Gasteiger partial charge in [0.05, 0.1) is 0 Å². The van der Waals surface area contributed by atoms with Crippen molar-refractivity contribution < 1.29 is 11.0 Å². The number of benzene rings is 1. The zero-order chi connectivity index (χ0) is 14.4. The maximum atomic E-state index is 12.0. The fraction of sp³-hybridized carbons (Fsp3) is 0.500. The second kappa shape index (κ2) is 7.07. The largest absolute Gasteiger partial charge is 0.326 e. The van der Waals surface area contributed by atoms with E-state index in [1.807, 2.05) is 27.7 Å². The van der Waals surface area contributed by atoms with E-state index in [1.54, 1.807) is 24.3 Å². The molecule has 3 heteroatoms. The summed E-state index contributed by atoms with van der Waals surface area (Å²) in [5, 5.41) is 2.83. The van der Waals surface area contributed by atoms with Gasteiger partial charge < -0.3 is 5.32 Å². The van der Waals surface area contributed by atoms with Gasteiger partial charge in [-0.25, -0.2) is 0 Å². The Kier molecular flexibility index (Phi) is 5.74. The summed E-state index contributed by atoms with van der Waals surface area (Å²) in [4.78, 5) is 23.6. The molecule has 0 aliphatic heterocycles. The number of rotatable bonds is 6. The smallest absolute Gasteiger partial charge is 0.224 e. The van der Waals surface area contributed by atoms with Gasteiger partial charge in [0.25, 0.3) is 0 Å². The Bertz CT molecular complexity index is 440. The van der Waals surface area contributed by atoms with E-state index in [2.05, 4.69) is 5.32 Å². The molecule has 1 rings (SSSR count). The molecule has 1 atom stereocenters. The van der Waals surface area contributed by atoms with Gasteiger partial charge >= 0.3 is 0 Å². The number of carbonyl (C=O) groups is 2. The second-order valence-corrected chi connectivity index (χ2v) is 5.40. The summed E-state index contributed by atoms with van der Waals surface area (Å²) in [5.41, 5.74) is 1.45. The number of carbonyl (C=O) groups excluding carboxylic acids is 2. The number of Topliss-reactive ketones (excluding diaryl/α,β-unsaturated/α-hetero) is 1. The molecular formula is C16H25NO2. The van der Waals surface area contributed by atoms with Crippen molar-refractivity contribution in [2.24, 2.45) is 11.8 Å². The summed E-state index contributed by atoms with van der Waals surface area (Å²) in [5.74, 6) is 0.547. The fourth-order valence-electron chi connectivity index (χ4n) is 1.77. The van der Waals surface area contributed by atoms with Crippen LogP contribution in [0.5, 0.6) is 0 Å². The highest BCUT2D eigenvalue weighted by Crippen LogP contribution is 2.15. The van der Waals surface area contributed by atoms with Gasteiger partial charge in [0.1, 0.15) is 0 Å². The number of hydrogen-bond acceptors (Lipinski definition) is 2. The maximum Gasteiger partial charge on any atom is 0.224 e. The standard InChI is InChI=1S/C16H23NO2.H2/c1-5-12(4)16(19)13-6-8-14(9-7-13)17-15(18)10-11(2)3;/h6-9,11-12H,5,10H2,1-4H3,(H,17,18);1H. The van der Waals surface area contributed by atoms with Crippen LogP contribution in [0.3, 0.4) is 0 Å². The minimum atomic E-state index is 0. The van der Waals surface area contributed by atoms with Crippen LogP contribution >= 0.6 is 0 Å².